The van der Waals surface area contributed by atoms with E-state index >= 15 is 0 Å². The van der Waals surface area contributed by atoms with E-state index in [0.717, 1.165) is 25.9 Å². The predicted molar refractivity (Wildman–Crippen MR) is 103 cm³/mol. The Morgan fingerprint density at radius 2 is 1.70 bits per heavy atom. The Morgan fingerprint density at radius 1 is 1.04 bits per heavy atom. The number of methoxy groups -OCH3 is 1. The fourth-order valence-electron chi connectivity index (χ4n) is 4.16. The smallest absolute Gasteiger partial charge is 0.240 e. The van der Waals surface area contributed by atoms with Crippen LogP contribution < -0.4 is 0 Å². The van der Waals surface area contributed by atoms with E-state index in [1.165, 1.54) is 11.1 Å². The van der Waals surface area contributed by atoms with Crippen molar-refractivity contribution in [1.82, 2.24) is 15.0 Å². The first-order valence-electron chi connectivity index (χ1n) is 9.44. The van der Waals surface area contributed by atoms with Crippen molar-refractivity contribution in [3.8, 4) is 0 Å². The van der Waals surface area contributed by atoms with Crippen LogP contribution in [0.5, 0.6) is 0 Å². The molecular formula is C22H25N3O2. The lowest BCUT2D eigenvalue weighted by molar-refractivity contribution is 0.144. The van der Waals surface area contributed by atoms with Crippen LogP contribution in [0.15, 0.2) is 65.2 Å². The zero-order valence-corrected chi connectivity index (χ0v) is 15.7. The number of hydrogen-bond acceptors (Lipinski definition) is 5. The minimum absolute atomic E-state index is 0.0177. The van der Waals surface area contributed by atoms with E-state index in [-0.39, 0.29) is 5.41 Å². The summed E-state index contributed by atoms with van der Waals surface area (Å²) in [6.45, 7) is 3.01. The monoisotopic (exact) mass is 363 g/mol. The van der Waals surface area contributed by atoms with Crippen molar-refractivity contribution in [1.29, 1.82) is 0 Å². The third-order valence-electron chi connectivity index (χ3n) is 5.37. The summed E-state index contributed by atoms with van der Waals surface area (Å²) in [4.78, 5) is 6.87. The summed E-state index contributed by atoms with van der Waals surface area (Å²) >= 11 is 0. The van der Waals surface area contributed by atoms with Crippen LogP contribution >= 0.6 is 0 Å². The number of rotatable bonds is 6. The highest BCUT2D eigenvalue weighted by Crippen LogP contribution is 2.40. The van der Waals surface area contributed by atoms with E-state index in [1.807, 2.05) is 0 Å². The Hall–Kier alpha value is -2.50. The molecule has 1 aromatic heterocycles. The SMILES string of the molecule is COCc1noc(CN2CCCC(c3ccccc3)(c3ccccc3)C2)n1. The Morgan fingerprint density at radius 3 is 2.33 bits per heavy atom. The summed E-state index contributed by atoms with van der Waals surface area (Å²) in [5, 5.41) is 3.99. The van der Waals surface area contributed by atoms with Gasteiger partial charge in [0.2, 0.25) is 5.89 Å². The maximum absolute atomic E-state index is 5.42. The first kappa shape index (κ1) is 17.9. The zero-order valence-electron chi connectivity index (χ0n) is 15.7. The largest absolute Gasteiger partial charge is 0.377 e. The van der Waals surface area contributed by atoms with Crippen molar-refractivity contribution in [2.24, 2.45) is 0 Å². The summed E-state index contributed by atoms with van der Waals surface area (Å²) in [5.74, 6) is 1.25. The van der Waals surface area contributed by atoms with Crippen molar-refractivity contribution in [3.63, 3.8) is 0 Å². The maximum atomic E-state index is 5.42. The van der Waals surface area contributed by atoms with Gasteiger partial charge >= 0.3 is 0 Å². The van der Waals surface area contributed by atoms with Crippen LogP contribution in [0, 0.1) is 0 Å². The van der Waals surface area contributed by atoms with E-state index in [9.17, 15) is 0 Å². The number of likely N-dealkylation sites (tertiary alicyclic amines) is 1. The van der Waals surface area contributed by atoms with Gasteiger partial charge in [0.05, 0.1) is 6.54 Å². The van der Waals surface area contributed by atoms with E-state index in [2.05, 4.69) is 75.7 Å². The molecule has 1 saturated heterocycles. The Balaban J connectivity index is 1.62. The van der Waals surface area contributed by atoms with Crippen molar-refractivity contribution in [2.45, 2.75) is 31.4 Å². The molecule has 3 aromatic rings. The predicted octanol–water partition coefficient (Wildman–Crippen LogP) is 3.80. The lowest BCUT2D eigenvalue weighted by atomic mass is 9.69. The summed E-state index contributed by atoms with van der Waals surface area (Å²) in [7, 11) is 1.63. The molecule has 0 amide bonds. The van der Waals surface area contributed by atoms with Crippen molar-refractivity contribution >= 4 is 0 Å². The third kappa shape index (κ3) is 3.80. The van der Waals surface area contributed by atoms with E-state index in [1.54, 1.807) is 7.11 Å². The second kappa shape index (κ2) is 8.03. The summed E-state index contributed by atoms with van der Waals surface area (Å²) in [6, 6.07) is 21.7. The Labute approximate surface area is 160 Å². The Bertz CT molecular complexity index is 809. The average Bonchev–Trinajstić information content (AvgIpc) is 3.16. The molecule has 0 aliphatic carbocycles. The maximum Gasteiger partial charge on any atom is 0.240 e. The van der Waals surface area contributed by atoms with Crippen molar-refractivity contribution in [3.05, 3.63) is 83.5 Å². The van der Waals surface area contributed by atoms with Gasteiger partial charge in [-0.05, 0) is 30.5 Å². The molecule has 4 rings (SSSR count). The van der Waals surface area contributed by atoms with Crippen LogP contribution in [0.1, 0.15) is 35.7 Å². The standard InChI is InChI=1S/C22H25N3O2/c1-26-16-20-23-21(27-24-20)15-25-14-8-13-22(17-25,18-9-4-2-5-10-18)19-11-6-3-7-12-19/h2-7,9-12H,8,13-17H2,1H3. The van der Waals surface area contributed by atoms with Crippen molar-refractivity contribution in [2.75, 3.05) is 20.2 Å². The molecule has 0 unspecified atom stereocenters. The molecule has 5 nitrogen and oxygen atoms in total. The summed E-state index contributed by atoms with van der Waals surface area (Å²) in [6.07, 6.45) is 2.26. The topological polar surface area (TPSA) is 51.4 Å². The van der Waals surface area contributed by atoms with Gasteiger partial charge in [-0.1, -0.05) is 65.8 Å². The lowest BCUT2D eigenvalue weighted by Crippen LogP contribution is -2.46. The second-order valence-corrected chi connectivity index (χ2v) is 7.17. The number of aromatic nitrogens is 2. The molecule has 1 aliphatic rings. The molecule has 0 radical (unpaired) electrons. The molecule has 0 saturated carbocycles. The molecule has 0 atom stereocenters. The molecule has 2 heterocycles. The first-order chi connectivity index (χ1) is 13.3. The van der Waals surface area contributed by atoms with E-state index in [0.29, 0.717) is 24.9 Å². The molecule has 27 heavy (non-hydrogen) atoms. The second-order valence-electron chi connectivity index (χ2n) is 7.17. The quantitative estimate of drug-likeness (QED) is 0.667. The van der Waals surface area contributed by atoms with Crippen LogP contribution in [0.4, 0.5) is 0 Å². The number of piperidine rings is 1. The molecule has 2 aromatic carbocycles. The number of ether oxygens (including phenoxy) is 1. The van der Waals surface area contributed by atoms with Gasteiger partial charge in [-0.2, -0.15) is 4.98 Å². The van der Waals surface area contributed by atoms with Crippen LogP contribution in [0.3, 0.4) is 0 Å². The fraction of sp³-hybridized carbons (Fsp3) is 0.364. The number of nitrogens with zero attached hydrogens (tertiary/aromatic N) is 3. The summed E-state index contributed by atoms with van der Waals surface area (Å²) in [5.41, 5.74) is 2.72. The highest BCUT2D eigenvalue weighted by Gasteiger charge is 2.38. The van der Waals surface area contributed by atoms with Crippen LogP contribution in [-0.4, -0.2) is 35.2 Å². The normalized spacial score (nSPS) is 17.1. The van der Waals surface area contributed by atoms with Gasteiger partial charge in [0.15, 0.2) is 5.82 Å². The van der Waals surface area contributed by atoms with Gasteiger partial charge in [0.1, 0.15) is 6.61 Å². The molecular weight excluding hydrogens is 338 g/mol. The van der Waals surface area contributed by atoms with Gasteiger partial charge in [0.25, 0.3) is 0 Å². The van der Waals surface area contributed by atoms with Crippen LogP contribution in [0.25, 0.3) is 0 Å². The van der Waals surface area contributed by atoms with Crippen LogP contribution in [-0.2, 0) is 23.3 Å². The molecule has 1 fully saturated rings. The third-order valence-corrected chi connectivity index (χ3v) is 5.37. The van der Waals surface area contributed by atoms with E-state index < -0.39 is 0 Å². The molecule has 5 heteroatoms. The van der Waals surface area contributed by atoms with Crippen molar-refractivity contribution < 1.29 is 9.26 Å². The van der Waals surface area contributed by atoms with Gasteiger partial charge in [-0.3, -0.25) is 4.90 Å². The molecule has 0 spiro atoms. The fourth-order valence-corrected chi connectivity index (χ4v) is 4.16. The molecule has 140 valence electrons. The molecule has 1 aliphatic heterocycles. The van der Waals surface area contributed by atoms with Crippen LogP contribution in [0.2, 0.25) is 0 Å². The van der Waals surface area contributed by atoms with Gasteiger partial charge in [0, 0.05) is 19.1 Å². The zero-order chi connectivity index (χ0) is 18.5. The minimum atomic E-state index is -0.0177. The lowest BCUT2D eigenvalue weighted by Gasteiger charge is -2.43. The number of hydrogen-bond donors (Lipinski definition) is 0. The minimum Gasteiger partial charge on any atom is -0.377 e. The van der Waals surface area contributed by atoms with Gasteiger partial charge in [-0.15, -0.1) is 0 Å². The highest BCUT2D eigenvalue weighted by molar-refractivity contribution is 5.40. The van der Waals surface area contributed by atoms with E-state index in [4.69, 9.17) is 9.26 Å². The first-order valence-corrected chi connectivity index (χ1v) is 9.44. The molecule has 0 N–H and O–H groups in total. The highest BCUT2D eigenvalue weighted by atomic mass is 16.5. The molecule has 0 bridgehead atoms. The average molecular weight is 363 g/mol. The van der Waals surface area contributed by atoms with Gasteiger partial charge in [-0.25, -0.2) is 0 Å². The summed E-state index contributed by atoms with van der Waals surface area (Å²) < 4.78 is 10.5. The van der Waals surface area contributed by atoms with Gasteiger partial charge < -0.3 is 9.26 Å². The number of benzene rings is 2. The Kier molecular flexibility index (Phi) is 5.32.